The lowest BCUT2D eigenvalue weighted by atomic mass is 10.2. The van der Waals surface area contributed by atoms with Crippen LogP contribution in [0.15, 0.2) is 47.4 Å². The lowest BCUT2D eigenvalue weighted by Gasteiger charge is -2.08. The van der Waals surface area contributed by atoms with E-state index in [1.807, 2.05) is 12.1 Å². The molecule has 3 aromatic rings. The maximum atomic E-state index is 12.4. The lowest BCUT2D eigenvalue weighted by molar-refractivity contribution is 0.0943. The molecule has 0 saturated carbocycles. The number of ether oxygens (including phenoxy) is 1. The number of aryl methyl sites for hydroxylation is 1. The second-order valence-corrected chi connectivity index (χ2v) is 5.20. The molecular weight excluding hydrogens is 308 g/mol. The summed E-state index contributed by atoms with van der Waals surface area (Å²) in [5, 5.41) is 6.77. The topological polar surface area (TPSA) is 86.1 Å². The van der Waals surface area contributed by atoms with E-state index < -0.39 is 11.3 Å². The third kappa shape index (κ3) is 2.96. The van der Waals surface area contributed by atoms with Crippen molar-refractivity contribution in [2.75, 3.05) is 7.11 Å². The Labute approximate surface area is 137 Å². The van der Waals surface area contributed by atoms with Gasteiger partial charge in [0.05, 0.1) is 12.6 Å². The van der Waals surface area contributed by atoms with Crippen molar-refractivity contribution in [3.63, 3.8) is 0 Å². The second kappa shape index (κ2) is 6.49. The van der Waals surface area contributed by atoms with E-state index >= 15 is 0 Å². The Morgan fingerprint density at radius 2 is 2.00 bits per heavy atom. The Balaban J connectivity index is 1.83. The number of nitrogens with zero attached hydrogens (tertiary/aromatic N) is 3. The minimum atomic E-state index is -0.529. The maximum Gasteiger partial charge on any atom is 0.276 e. The smallest absolute Gasteiger partial charge is 0.276 e. The van der Waals surface area contributed by atoms with Crippen LogP contribution in [0.4, 0.5) is 0 Å². The number of pyridine rings is 1. The first kappa shape index (κ1) is 15.7. The Kier molecular flexibility index (Phi) is 4.24. The van der Waals surface area contributed by atoms with E-state index in [0.717, 1.165) is 11.3 Å². The first-order valence-electron chi connectivity index (χ1n) is 7.33. The van der Waals surface area contributed by atoms with E-state index in [2.05, 4.69) is 15.4 Å². The van der Waals surface area contributed by atoms with Gasteiger partial charge in [0.15, 0.2) is 5.69 Å². The van der Waals surface area contributed by atoms with Crippen LogP contribution < -0.4 is 15.5 Å². The van der Waals surface area contributed by atoms with Crippen LogP contribution in [-0.2, 0) is 13.6 Å². The molecule has 7 heteroatoms. The van der Waals surface area contributed by atoms with Crippen molar-refractivity contribution in [3.8, 4) is 5.75 Å². The minimum absolute atomic E-state index is 0.169. The molecule has 2 aromatic heterocycles. The molecule has 0 aliphatic carbocycles. The Morgan fingerprint density at radius 1 is 1.25 bits per heavy atom. The van der Waals surface area contributed by atoms with E-state index in [9.17, 15) is 9.59 Å². The van der Waals surface area contributed by atoms with Gasteiger partial charge in [-0.2, -0.15) is 5.10 Å². The zero-order chi connectivity index (χ0) is 17.1. The van der Waals surface area contributed by atoms with Gasteiger partial charge in [0.25, 0.3) is 5.91 Å². The van der Waals surface area contributed by atoms with E-state index in [-0.39, 0.29) is 17.8 Å². The number of benzene rings is 1. The molecule has 0 atom stereocenters. The summed E-state index contributed by atoms with van der Waals surface area (Å²) in [6, 6.07) is 10.7. The first-order valence-corrected chi connectivity index (χ1v) is 7.33. The third-order valence-electron chi connectivity index (χ3n) is 3.64. The fraction of sp³-hybridized carbons (Fsp3) is 0.176. The van der Waals surface area contributed by atoms with Crippen molar-refractivity contribution in [2.45, 2.75) is 6.54 Å². The lowest BCUT2D eigenvalue weighted by Crippen LogP contribution is -2.31. The summed E-state index contributed by atoms with van der Waals surface area (Å²) in [7, 11) is 3.26. The molecule has 1 N–H and O–H groups in total. The monoisotopic (exact) mass is 324 g/mol. The van der Waals surface area contributed by atoms with Crippen LogP contribution in [0.25, 0.3) is 11.0 Å². The van der Waals surface area contributed by atoms with Gasteiger partial charge in [0.2, 0.25) is 5.43 Å². The summed E-state index contributed by atoms with van der Waals surface area (Å²) in [6.45, 7) is 0.286. The number of hydrogen-bond acceptors (Lipinski definition) is 5. The summed E-state index contributed by atoms with van der Waals surface area (Å²) < 4.78 is 6.56. The van der Waals surface area contributed by atoms with Crippen molar-refractivity contribution in [2.24, 2.45) is 7.05 Å². The zero-order valence-electron chi connectivity index (χ0n) is 13.3. The highest BCUT2D eigenvalue weighted by Gasteiger charge is 2.16. The number of rotatable bonds is 4. The standard InChI is InChI=1S/C17H16N4O3/c1-21-13-4-3-9-18-14(13)16(22)15(20-21)17(23)19-10-11-5-7-12(24-2)8-6-11/h3-9H,10H2,1-2H3,(H,19,23). The van der Waals surface area contributed by atoms with Crippen molar-refractivity contribution in [1.29, 1.82) is 0 Å². The van der Waals surface area contributed by atoms with Crippen molar-refractivity contribution in [3.05, 3.63) is 64.1 Å². The van der Waals surface area contributed by atoms with E-state index in [1.54, 1.807) is 38.4 Å². The molecule has 0 radical (unpaired) electrons. The predicted molar refractivity (Wildman–Crippen MR) is 88.9 cm³/mol. The maximum absolute atomic E-state index is 12.4. The molecule has 2 heterocycles. The number of carbonyl (C=O) groups excluding carboxylic acids is 1. The van der Waals surface area contributed by atoms with Gasteiger partial charge in [-0.1, -0.05) is 12.1 Å². The van der Waals surface area contributed by atoms with E-state index in [1.165, 1.54) is 10.9 Å². The summed E-state index contributed by atoms with van der Waals surface area (Å²) in [6.07, 6.45) is 1.52. The number of carbonyl (C=O) groups is 1. The number of aromatic nitrogens is 3. The van der Waals surface area contributed by atoms with Crippen LogP contribution in [0.3, 0.4) is 0 Å². The van der Waals surface area contributed by atoms with Gasteiger partial charge >= 0.3 is 0 Å². The molecule has 0 bridgehead atoms. The van der Waals surface area contributed by atoms with Crippen LogP contribution >= 0.6 is 0 Å². The van der Waals surface area contributed by atoms with Gasteiger partial charge in [0, 0.05) is 19.8 Å². The van der Waals surface area contributed by atoms with Crippen LogP contribution in [0.5, 0.6) is 5.75 Å². The van der Waals surface area contributed by atoms with Gasteiger partial charge in [-0.25, -0.2) is 0 Å². The van der Waals surface area contributed by atoms with Crippen molar-refractivity contribution < 1.29 is 9.53 Å². The van der Waals surface area contributed by atoms with E-state index in [4.69, 9.17) is 4.74 Å². The molecule has 3 rings (SSSR count). The average molecular weight is 324 g/mol. The molecule has 0 aliphatic rings. The fourth-order valence-electron chi connectivity index (χ4n) is 2.35. The Morgan fingerprint density at radius 3 is 2.71 bits per heavy atom. The van der Waals surface area contributed by atoms with Crippen LogP contribution in [-0.4, -0.2) is 27.8 Å². The van der Waals surface area contributed by atoms with Gasteiger partial charge in [0.1, 0.15) is 11.3 Å². The van der Waals surface area contributed by atoms with Crippen LogP contribution in [0, 0.1) is 0 Å². The normalized spacial score (nSPS) is 10.6. The van der Waals surface area contributed by atoms with Crippen LogP contribution in [0.1, 0.15) is 16.1 Å². The Bertz CT molecular complexity index is 948. The second-order valence-electron chi connectivity index (χ2n) is 5.20. The highest BCUT2D eigenvalue weighted by molar-refractivity contribution is 5.94. The highest BCUT2D eigenvalue weighted by Crippen LogP contribution is 2.11. The van der Waals surface area contributed by atoms with Gasteiger partial charge < -0.3 is 10.1 Å². The van der Waals surface area contributed by atoms with E-state index in [0.29, 0.717) is 5.52 Å². The molecule has 24 heavy (non-hydrogen) atoms. The number of methoxy groups -OCH3 is 1. The molecule has 1 aromatic carbocycles. The number of nitrogens with one attached hydrogen (secondary N) is 1. The minimum Gasteiger partial charge on any atom is -0.497 e. The Hall–Kier alpha value is -3.22. The molecule has 0 unspecified atom stereocenters. The fourth-order valence-corrected chi connectivity index (χ4v) is 2.35. The van der Waals surface area contributed by atoms with Gasteiger partial charge in [-0.05, 0) is 29.8 Å². The summed E-state index contributed by atoms with van der Waals surface area (Å²) in [4.78, 5) is 28.8. The quantitative estimate of drug-likeness (QED) is 0.781. The average Bonchev–Trinajstić information content (AvgIpc) is 2.63. The molecule has 0 saturated heterocycles. The largest absolute Gasteiger partial charge is 0.497 e. The highest BCUT2D eigenvalue weighted by atomic mass is 16.5. The number of hydrogen-bond donors (Lipinski definition) is 1. The molecule has 1 amide bonds. The number of amides is 1. The van der Waals surface area contributed by atoms with Crippen LogP contribution in [0.2, 0.25) is 0 Å². The van der Waals surface area contributed by atoms with Gasteiger partial charge in [-0.3, -0.25) is 19.3 Å². The summed E-state index contributed by atoms with van der Waals surface area (Å²) in [5.41, 5.74) is 1.05. The molecule has 0 spiro atoms. The molecule has 0 fully saturated rings. The van der Waals surface area contributed by atoms with Gasteiger partial charge in [-0.15, -0.1) is 0 Å². The molecule has 122 valence electrons. The molecule has 7 nitrogen and oxygen atoms in total. The van der Waals surface area contributed by atoms with Crippen molar-refractivity contribution >= 4 is 16.9 Å². The molecular formula is C17H16N4O3. The van der Waals surface area contributed by atoms with Crippen molar-refractivity contribution in [1.82, 2.24) is 20.1 Å². The third-order valence-corrected chi connectivity index (χ3v) is 3.64. The first-order chi connectivity index (χ1) is 11.6. The number of fused-ring (bicyclic) bond motifs is 1. The summed E-state index contributed by atoms with van der Waals surface area (Å²) >= 11 is 0. The summed E-state index contributed by atoms with van der Waals surface area (Å²) in [5.74, 6) is 0.209. The zero-order valence-corrected chi connectivity index (χ0v) is 13.3. The SMILES string of the molecule is COc1ccc(CNC(=O)c2nn(C)c3cccnc3c2=O)cc1. The molecule has 0 aliphatic heterocycles. The predicted octanol–water partition coefficient (Wildman–Crippen LogP) is 1.27.